The van der Waals surface area contributed by atoms with Crippen LogP contribution < -0.4 is 5.56 Å². The fourth-order valence-electron chi connectivity index (χ4n) is 1.54. The third-order valence-electron chi connectivity index (χ3n) is 2.42. The van der Waals surface area contributed by atoms with Gasteiger partial charge < -0.3 is 5.11 Å². The van der Waals surface area contributed by atoms with Crippen LogP contribution in [0, 0.1) is 11.8 Å². The number of benzene rings is 1. The van der Waals surface area contributed by atoms with Crippen molar-refractivity contribution in [3.63, 3.8) is 0 Å². The molecule has 1 heterocycles. The second-order valence-electron chi connectivity index (χ2n) is 3.87. The summed E-state index contributed by atoms with van der Waals surface area (Å²) in [6.45, 7) is 0. The zero-order valence-electron chi connectivity index (χ0n) is 10.3. The highest BCUT2D eigenvalue weighted by atomic mass is 32.2. The first-order valence-corrected chi connectivity index (χ1v) is 6.86. The molecule has 0 atom stereocenters. The van der Waals surface area contributed by atoms with E-state index >= 15 is 0 Å². The molecule has 0 spiro atoms. The number of carbonyl (C=O) groups is 1. The van der Waals surface area contributed by atoms with E-state index in [1.165, 1.54) is 12.1 Å². The zero-order chi connectivity index (χ0) is 15.6. The number of aromatic amines is 1. The molecule has 9 heteroatoms. The maximum Gasteiger partial charge on any atom is 0.382 e. The monoisotopic (exact) mass is 308 g/mol. The van der Waals surface area contributed by atoms with Crippen molar-refractivity contribution in [3.05, 3.63) is 46.4 Å². The predicted octanol–water partition coefficient (Wildman–Crippen LogP) is -0.152. The number of carboxylic acid groups (broad SMARTS) is 1. The first kappa shape index (κ1) is 14.6. The number of nitrogens with one attached hydrogen (secondary N) is 1. The molecule has 0 aliphatic heterocycles. The number of carboxylic acids is 1. The van der Waals surface area contributed by atoms with Crippen LogP contribution in [0.15, 0.2) is 40.0 Å². The zero-order valence-corrected chi connectivity index (χ0v) is 11.1. The van der Waals surface area contributed by atoms with Crippen molar-refractivity contribution in [2.45, 2.75) is 4.90 Å². The van der Waals surface area contributed by atoms with E-state index in [2.05, 4.69) is 11.0 Å². The van der Waals surface area contributed by atoms with Crippen molar-refractivity contribution in [2.75, 3.05) is 0 Å². The average Bonchev–Trinajstić information content (AvgIpc) is 2.77. The molecule has 0 aliphatic rings. The van der Waals surface area contributed by atoms with Crippen molar-refractivity contribution in [3.8, 4) is 17.5 Å². The summed E-state index contributed by atoms with van der Waals surface area (Å²) in [7, 11) is -4.31. The number of aromatic nitrogens is 2. The molecule has 0 aliphatic carbocycles. The molecule has 0 unspecified atom stereocenters. The number of hydrogen-bond acceptors (Lipinski definition) is 4. The van der Waals surface area contributed by atoms with Crippen LogP contribution in [0.25, 0.3) is 5.69 Å². The topological polar surface area (TPSA) is 129 Å². The van der Waals surface area contributed by atoms with Gasteiger partial charge in [0.15, 0.2) is 0 Å². The molecule has 8 nitrogen and oxygen atoms in total. The summed E-state index contributed by atoms with van der Waals surface area (Å²) < 4.78 is 31.7. The number of hydrogen-bond donors (Lipinski definition) is 3. The Morgan fingerprint density at radius 3 is 2.38 bits per heavy atom. The van der Waals surface area contributed by atoms with Gasteiger partial charge in [-0.2, -0.15) is 8.42 Å². The molecule has 0 amide bonds. The van der Waals surface area contributed by atoms with Crippen LogP contribution in [-0.4, -0.2) is 33.8 Å². The van der Waals surface area contributed by atoms with Gasteiger partial charge in [-0.25, -0.2) is 9.48 Å². The molecular weight excluding hydrogens is 300 g/mol. The summed E-state index contributed by atoms with van der Waals surface area (Å²) >= 11 is 0. The fourth-order valence-corrected chi connectivity index (χ4v) is 2.02. The van der Waals surface area contributed by atoms with E-state index in [1.807, 2.05) is 5.92 Å². The molecule has 108 valence electrons. The van der Waals surface area contributed by atoms with Crippen molar-refractivity contribution in [2.24, 2.45) is 0 Å². The minimum absolute atomic E-state index is 0.0984. The summed E-state index contributed by atoms with van der Waals surface area (Å²) in [5.41, 5.74) is -0.0960. The third-order valence-corrected chi connectivity index (χ3v) is 3.29. The van der Waals surface area contributed by atoms with Gasteiger partial charge in [0.25, 0.3) is 15.7 Å². The second kappa shape index (κ2) is 5.28. The maximum absolute atomic E-state index is 11.7. The summed E-state index contributed by atoms with van der Waals surface area (Å²) in [5, 5.41) is 11.0. The third kappa shape index (κ3) is 3.38. The highest BCUT2D eigenvalue weighted by Crippen LogP contribution is 2.11. The fraction of sp³-hybridized carbons (Fsp3) is 0. The molecule has 0 fully saturated rings. The second-order valence-corrected chi connectivity index (χ2v) is 5.29. The highest BCUT2D eigenvalue weighted by molar-refractivity contribution is 7.85. The lowest BCUT2D eigenvalue weighted by Gasteiger charge is -2.02. The van der Waals surface area contributed by atoms with Crippen LogP contribution in [0.4, 0.5) is 0 Å². The summed E-state index contributed by atoms with van der Waals surface area (Å²) in [4.78, 5) is 21.7. The summed E-state index contributed by atoms with van der Waals surface area (Å²) in [6, 6.07) is 5.96. The van der Waals surface area contributed by atoms with Crippen LogP contribution in [0.1, 0.15) is 5.69 Å². The van der Waals surface area contributed by atoms with Crippen LogP contribution in [-0.2, 0) is 14.9 Å². The molecule has 0 saturated heterocycles. The van der Waals surface area contributed by atoms with Crippen molar-refractivity contribution < 1.29 is 22.9 Å². The average molecular weight is 308 g/mol. The Kier molecular flexibility index (Phi) is 3.66. The van der Waals surface area contributed by atoms with Crippen molar-refractivity contribution >= 4 is 16.1 Å². The van der Waals surface area contributed by atoms with E-state index in [0.717, 1.165) is 22.9 Å². The Morgan fingerprint density at radius 2 is 1.86 bits per heavy atom. The van der Waals surface area contributed by atoms with Gasteiger partial charge in [-0.3, -0.25) is 14.4 Å². The van der Waals surface area contributed by atoms with Crippen LogP contribution in [0.3, 0.4) is 0 Å². The van der Waals surface area contributed by atoms with Gasteiger partial charge >= 0.3 is 5.97 Å². The van der Waals surface area contributed by atoms with Gasteiger partial charge in [0.05, 0.1) is 10.6 Å². The van der Waals surface area contributed by atoms with Gasteiger partial charge in [-0.15, -0.1) is 0 Å². The molecule has 2 aromatic rings. The van der Waals surface area contributed by atoms with Gasteiger partial charge in [-0.1, -0.05) is 0 Å². The van der Waals surface area contributed by atoms with E-state index < -0.39 is 21.6 Å². The Bertz CT molecular complexity index is 909. The number of aliphatic carboxylic acids is 1. The molecule has 0 bridgehead atoms. The Morgan fingerprint density at radius 1 is 1.24 bits per heavy atom. The SMILES string of the molecule is O=C(O)C#Cc1cc(=O)n(-c2ccc(S(=O)(=O)O)cc2)[nH]1. The quantitative estimate of drug-likeness (QED) is 0.522. The molecule has 2 rings (SSSR count). The lowest BCUT2D eigenvalue weighted by molar-refractivity contribution is -0.130. The van der Waals surface area contributed by atoms with E-state index in [4.69, 9.17) is 9.66 Å². The Balaban J connectivity index is 2.42. The van der Waals surface area contributed by atoms with Gasteiger partial charge in [0, 0.05) is 12.0 Å². The number of rotatable bonds is 2. The Labute approximate surface area is 118 Å². The largest absolute Gasteiger partial charge is 0.472 e. The lowest BCUT2D eigenvalue weighted by Crippen LogP contribution is -2.13. The van der Waals surface area contributed by atoms with E-state index in [-0.39, 0.29) is 10.6 Å². The first-order valence-electron chi connectivity index (χ1n) is 5.42. The number of nitrogens with zero attached hydrogens (tertiary/aromatic N) is 1. The van der Waals surface area contributed by atoms with Crippen LogP contribution in [0.2, 0.25) is 0 Å². The van der Waals surface area contributed by atoms with Crippen molar-refractivity contribution in [1.29, 1.82) is 0 Å². The molecule has 3 N–H and O–H groups in total. The lowest BCUT2D eigenvalue weighted by atomic mass is 10.3. The molecule has 1 aromatic carbocycles. The van der Waals surface area contributed by atoms with Gasteiger partial charge in [-0.05, 0) is 30.2 Å². The van der Waals surface area contributed by atoms with E-state index in [9.17, 15) is 18.0 Å². The highest BCUT2D eigenvalue weighted by Gasteiger charge is 2.10. The summed E-state index contributed by atoms with van der Waals surface area (Å²) in [6.07, 6.45) is 0. The first-order chi connectivity index (χ1) is 9.77. The molecular formula is C12H8N2O6S. The minimum atomic E-state index is -4.31. The molecule has 21 heavy (non-hydrogen) atoms. The maximum atomic E-state index is 11.7. The minimum Gasteiger partial charge on any atom is -0.472 e. The number of H-pyrrole nitrogens is 1. The normalized spacial score (nSPS) is 10.7. The van der Waals surface area contributed by atoms with Crippen LogP contribution in [0.5, 0.6) is 0 Å². The summed E-state index contributed by atoms with van der Waals surface area (Å²) in [5.74, 6) is 2.77. The standard InChI is InChI=1S/C12H8N2O6S/c15-11-7-8(1-6-12(16)17)13-14(11)9-2-4-10(5-3-9)21(18,19)20/h2-5,7,13H,(H,16,17)(H,18,19,20). The Hall–Kier alpha value is -2.83. The smallest absolute Gasteiger partial charge is 0.382 e. The molecule has 1 aromatic heterocycles. The van der Waals surface area contributed by atoms with Crippen molar-refractivity contribution in [1.82, 2.24) is 9.78 Å². The van der Waals surface area contributed by atoms with Crippen LogP contribution >= 0.6 is 0 Å². The van der Waals surface area contributed by atoms with E-state index in [1.54, 1.807) is 0 Å². The van der Waals surface area contributed by atoms with Gasteiger partial charge in [0.1, 0.15) is 5.69 Å². The molecule has 0 radical (unpaired) electrons. The predicted molar refractivity (Wildman–Crippen MR) is 70.7 cm³/mol. The van der Waals surface area contributed by atoms with E-state index in [0.29, 0.717) is 5.69 Å². The molecule has 0 saturated carbocycles. The van der Waals surface area contributed by atoms with Gasteiger partial charge in [0.2, 0.25) is 0 Å².